The second-order valence-electron chi connectivity index (χ2n) is 5.00. The molecule has 1 heterocycles. The van der Waals surface area contributed by atoms with Gasteiger partial charge in [0.1, 0.15) is 7.85 Å². The molecule has 0 saturated carbocycles. The predicted molar refractivity (Wildman–Crippen MR) is 72.4 cm³/mol. The maximum Gasteiger partial charge on any atom is 0.215 e. The second-order valence-corrected chi connectivity index (χ2v) is 5.00. The number of Topliss-reactive ketones (excluding diaryl/α,β-unsaturated/α-hetero) is 1. The summed E-state index contributed by atoms with van der Waals surface area (Å²) in [6.45, 7) is 5.00. The molecule has 0 spiro atoms. The van der Waals surface area contributed by atoms with Crippen LogP contribution >= 0.6 is 0 Å². The molecule has 1 saturated heterocycles. The van der Waals surface area contributed by atoms with Crippen LogP contribution in [0.15, 0.2) is 0 Å². The summed E-state index contributed by atoms with van der Waals surface area (Å²) in [6, 6.07) is 0.0746. The number of hydrogen-bond acceptors (Lipinski definition) is 4. The van der Waals surface area contributed by atoms with Crippen LogP contribution in [0.5, 0.6) is 0 Å². The highest BCUT2D eigenvalue weighted by atomic mass is 16.5. The third kappa shape index (κ3) is 3.56. The van der Waals surface area contributed by atoms with Crippen LogP contribution in [0.25, 0.3) is 0 Å². The van der Waals surface area contributed by atoms with Crippen LogP contribution in [-0.2, 0) is 14.3 Å². The molecule has 0 radical (unpaired) electrons. The van der Waals surface area contributed by atoms with Crippen LogP contribution in [0.2, 0.25) is 6.32 Å². The van der Waals surface area contributed by atoms with Gasteiger partial charge in [0.05, 0.1) is 31.8 Å². The Morgan fingerprint density at radius 3 is 2.61 bits per heavy atom. The largest absolute Gasteiger partial charge is 0.378 e. The standard InChI is InChI=1S/C12H23BN2O3/c1-8(2)11(16)5-15(12(17)4-13)10-7-18-6-9(10)14-3/h8-10,14H,4-7,13H2,1-3H3. The predicted octanol–water partition coefficient (Wildman–Crippen LogP) is -0.922. The summed E-state index contributed by atoms with van der Waals surface area (Å²) < 4.78 is 5.41. The van der Waals surface area contributed by atoms with E-state index in [0.29, 0.717) is 19.5 Å². The Morgan fingerprint density at radius 1 is 1.44 bits per heavy atom. The molecule has 1 amide bonds. The van der Waals surface area contributed by atoms with Crippen molar-refractivity contribution in [2.24, 2.45) is 5.92 Å². The van der Waals surface area contributed by atoms with Crippen molar-refractivity contribution in [1.29, 1.82) is 0 Å². The van der Waals surface area contributed by atoms with E-state index >= 15 is 0 Å². The first-order chi connectivity index (χ1) is 8.51. The maximum absolute atomic E-state index is 12.0. The quantitative estimate of drug-likeness (QED) is 0.623. The van der Waals surface area contributed by atoms with Gasteiger partial charge in [0, 0.05) is 5.92 Å². The van der Waals surface area contributed by atoms with Crippen LogP contribution in [0.1, 0.15) is 13.8 Å². The van der Waals surface area contributed by atoms with Crippen molar-refractivity contribution in [1.82, 2.24) is 10.2 Å². The Kier molecular flexibility index (Phi) is 5.82. The van der Waals surface area contributed by atoms with Crippen LogP contribution in [0, 0.1) is 5.92 Å². The Balaban J connectivity index is 2.78. The molecule has 0 bridgehead atoms. The number of rotatable bonds is 6. The topological polar surface area (TPSA) is 58.6 Å². The summed E-state index contributed by atoms with van der Waals surface area (Å²) in [5.41, 5.74) is 0. The van der Waals surface area contributed by atoms with E-state index in [1.54, 1.807) is 4.90 Å². The SMILES string of the molecule is BCC(=O)N(CC(=O)C(C)C)C1COCC1NC. The lowest BCUT2D eigenvalue weighted by Crippen LogP contribution is -2.52. The highest BCUT2D eigenvalue weighted by Crippen LogP contribution is 2.15. The minimum atomic E-state index is -0.0486. The summed E-state index contributed by atoms with van der Waals surface area (Å²) in [6.07, 6.45) is 0.415. The van der Waals surface area contributed by atoms with E-state index in [1.165, 1.54) is 0 Å². The number of carbonyl (C=O) groups excluding carboxylic acids is 2. The van der Waals surface area contributed by atoms with E-state index in [0.717, 1.165) is 0 Å². The van der Waals surface area contributed by atoms with Gasteiger partial charge in [-0.3, -0.25) is 9.59 Å². The van der Waals surface area contributed by atoms with Crippen molar-refractivity contribution in [2.45, 2.75) is 32.3 Å². The molecule has 1 N–H and O–H groups in total. The molecule has 5 nitrogen and oxygen atoms in total. The smallest absolute Gasteiger partial charge is 0.215 e. The number of carbonyl (C=O) groups is 2. The Hall–Kier alpha value is -0.875. The van der Waals surface area contributed by atoms with E-state index < -0.39 is 0 Å². The third-order valence-corrected chi connectivity index (χ3v) is 3.41. The maximum atomic E-state index is 12.0. The monoisotopic (exact) mass is 254 g/mol. The Labute approximate surface area is 110 Å². The first-order valence-electron chi connectivity index (χ1n) is 6.58. The minimum absolute atomic E-state index is 0.0137. The van der Waals surface area contributed by atoms with E-state index in [1.807, 2.05) is 28.7 Å². The van der Waals surface area contributed by atoms with Gasteiger partial charge in [-0.05, 0) is 13.4 Å². The molecule has 18 heavy (non-hydrogen) atoms. The fraction of sp³-hybridized carbons (Fsp3) is 0.833. The van der Waals surface area contributed by atoms with Crippen molar-refractivity contribution >= 4 is 19.5 Å². The number of ether oxygens (including phenoxy) is 1. The van der Waals surface area contributed by atoms with E-state index in [4.69, 9.17) is 4.74 Å². The fourth-order valence-corrected chi connectivity index (χ4v) is 2.07. The minimum Gasteiger partial charge on any atom is -0.378 e. The highest BCUT2D eigenvalue weighted by Gasteiger charge is 2.35. The zero-order chi connectivity index (χ0) is 13.7. The fourth-order valence-electron chi connectivity index (χ4n) is 2.07. The number of ketones is 1. The van der Waals surface area contributed by atoms with Crippen molar-refractivity contribution < 1.29 is 14.3 Å². The number of nitrogens with one attached hydrogen (secondary N) is 1. The number of likely N-dealkylation sites (N-methyl/N-ethyl adjacent to an activating group) is 1. The molecule has 1 rings (SSSR count). The van der Waals surface area contributed by atoms with Crippen LogP contribution in [-0.4, -0.2) is 63.3 Å². The molecule has 0 aliphatic carbocycles. The molecule has 102 valence electrons. The van der Waals surface area contributed by atoms with Crippen LogP contribution in [0.3, 0.4) is 0 Å². The van der Waals surface area contributed by atoms with Gasteiger partial charge in [-0.1, -0.05) is 13.8 Å². The van der Waals surface area contributed by atoms with E-state index in [2.05, 4.69) is 5.32 Å². The van der Waals surface area contributed by atoms with Crippen molar-refractivity contribution in [3.8, 4) is 0 Å². The van der Waals surface area contributed by atoms with Gasteiger partial charge in [0.15, 0.2) is 5.78 Å². The lowest BCUT2D eigenvalue weighted by Gasteiger charge is -2.31. The van der Waals surface area contributed by atoms with Gasteiger partial charge in [-0.25, -0.2) is 0 Å². The number of nitrogens with zero attached hydrogens (tertiary/aromatic N) is 1. The zero-order valence-electron chi connectivity index (χ0n) is 11.7. The molecule has 2 atom stereocenters. The van der Waals surface area contributed by atoms with Crippen molar-refractivity contribution in [3.63, 3.8) is 0 Å². The lowest BCUT2D eigenvalue weighted by atomic mass is 10.00. The summed E-state index contributed by atoms with van der Waals surface area (Å²) >= 11 is 0. The molecule has 1 aliphatic heterocycles. The van der Waals surface area contributed by atoms with Crippen molar-refractivity contribution in [3.05, 3.63) is 0 Å². The van der Waals surface area contributed by atoms with E-state index in [-0.39, 0.29) is 36.2 Å². The molecular weight excluding hydrogens is 231 g/mol. The van der Waals surface area contributed by atoms with Crippen LogP contribution < -0.4 is 5.32 Å². The Morgan fingerprint density at radius 2 is 2.11 bits per heavy atom. The molecular formula is C12H23BN2O3. The van der Waals surface area contributed by atoms with Gasteiger partial charge in [0.2, 0.25) is 5.91 Å². The van der Waals surface area contributed by atoms with Gasteiger partial charge in [-0.2, -0.15) is 0 Å². The molecule has 1 fully saturated rings. The first kappa shape index (κ1) is 15.2. The normalized spacial score (nSPS) is 23.3. The highest BCUT2D eigenvalue weighted by molar-refractivity contribution is 6.19. The second kappa shape index (κ2) is 6.90. The molecule has 0 aromatic rings. The summed E-state index contributed by atoms with van der Waals surface area (Å²) in [7, 11) is 3.67. The van der Waals surface area contributed by atoms with Gasteiger partial charge in [0.25, 0.3) is 0 Å². The summed E-state index contributed by atoms with van der Waals surface area (Å²) in [5.74, 6) is 0.0609. The summed E-state index contributed by atoms with van der Waals surface area (Å²) in [4.78, 5) is 25.6. The molecule has 0 aromatic carbocycles. The van der Waals surface area contributed by atoms with Gasteiger partial charge in [-0.15, -0.1) is 0 Å². The van der Waals surface area contributed by atoms with Gasteiger partial charge >= 0.3 is 0 Å². The molecule has 2 unspecified atom stereocenters. The van der Waals surface area contributed by atoms with Gasteiger partial charge < -0.3 is 15.0 Å². The number of hydrogen-bond donors (Lipinski definition) is 1. The first-order valence-corrected chi connectivity index (χ1v) is 6.58. The Bertz CT molecular complexity index is 310. The number of amides is 1. The molecule has 0 aromatic heterocycles. The average molecular weight is 254 g/mol. The average Bonchev–Trinajstić information content (AvgIpc) is 2.82. The molecule has 1 aliphatic rings. The zero-order valence-corrected chi connectivity index (χ0v) is 11.7. The molecule has 6 heteroatoms. The lowest BCUT2D eigenvalue weighted by molar-refractivity contribution is -0.137. The van der Waals surface area contributed by atoms with Crippen LogP contribution in [0.4, 0.5) is 0 Å². The third-order valence-electron chi connectivity index (χ3n) is 3.41. The summed E-state index contributed by atoms with van der Waals surface area (Å²) in [5, 5.41) is 3.15. The van der Waals surface area contributed by atoms with E-state index in [9.17, 15) is 9.59 Å². The van der Waals surface area contributed by atoms with Crippen molar-refractivity contribution in [2.75, 3.05) is 26.8 Å².